The lowest BCUT2D eigenvalue weighted by Crippen LogP contribution is -2.28. The van der Waals surface area contributed by atoms with Crippen molar-refractivity contribution in [2.75, 3.05) is 4.90 Å². The van der Waals surface area contributed by atoms with E-state index in [1.807, 2.05) is 36.4 Å². The summed E-state index contributed by atoms with van der Waals surface area (Å²) in [4.78, 5) is 24.9. The topological polar surface area (TPSA) is 77.8 Å². The van der Waals surface area contributed by atoms with Crippen LogP contribution in [0.4, 0.5) is 5.69 Å². The summed E-state index contributed by atoms with van der Waals surface area (Å²) in [6, 6.07) is 18.8. The third kappa shape index (κ3) is 5.19. The number of halogens is 1. The Morgan fingerprint density at radius 3 is 2.03 bits per heavy atom. The van der Waals surface area contributed by atoms with Crippen LogP contribution in [0.3, 0.4) is 0 Å². The maximum absolute atomic E-state index is 12.1. The minimum Gasteiger partial charge on any atom is -0.507 e. The molecule has 0 radical (unpaired) electrons. The SMILES string of the molecule is CC(=O)N(Cc1ccc(C#Cc2ccc(Cl)cc2)cc1)c1ccc(O)c(C(=O)O)c1. The lowest BCUT2D eigenvalue weighted by molar-refractivity contribution is -0.116. The standard InChI is InChI=1S/C24H18ClNO4/c1-16(27)26(21-12-13-23(28)22(14-21)24(29)30)15-19-6-4-17(5-7-19)2-3-18-8-10-20(25)11-9-18/h4-14,28H,15H2,1H3,(H,29,30). The minimum absolute atomic E-state index is 0.247. The second kappa shape index (κ2) is 9.17. The lowest BCUT2D eigenvalue weighted by Gasteiger charge is -2.22. The number of aromatic hydroxyl groups is 1. The number of aromatic carboxylic acids is 1. The van der Waals surface area contributed by atoms with E-state index in [2.05, 4.69) is 11.8 Å². The van der Waals surface area contributed by atoms with Crippen molar-refractivity contribution in [2.45, 2.75) is 13.5 Å². The van der Waals surface area contributed by atoms with Gasteiger partial charge in [-0.25, -0.2) is 4.79 Å². The summed E-state index contributed by atoms with van der Waals surface area (Å²) in [6.45, 7) is 1.66. The highest BCUT2D eigenvalue weighted by atomic mass is 35.5. The monoisotopic (exact) mass is 419 g/mol. The van der Waals surface area contributed by atoms with Crippen molar-refractivity contribution < 1.29 is 19.8 Å². The van der Waals surface area contributed by atoms with Crippen LogP contribution in [-0.2, 0) is 11.3 Å². The molecule has 0 fully saturated rings. The van der Waals surface area contributed by atoms with E-state index in [0.717, 1.165) is 16.7 Å². The van der Waals surface area contributed by atoms with Gasteiger partial charge in [-0.1, -0.05) is 35.6 Å². The lowest BCUT2D eigenvalue weighted by atomic mass is 10.1. The molecule has 3 rings (SSSR count). The number of hydrogen-bond donors (Lipinski definition) is 2. The zero-order chi connectivity index (χ0) is 21.7. The zero-order valence-electron chi connectivity index (χ0n) is 16.1. The van der Waals surface area contributed by atoms with E-state index in [-0.39, 0.29) is 23.8 Å². The number of benzene rings is 3. The van der Waals surface area contributed by atoms with Gasteiger partial charge in [0.1, 0.15) is 11.3 Å². The predicted molar refractivity (Wildman–Crippen MR) is 116 cm³/mol. The summed E-state index contributed by atoms with van der Waals surface area (Å²) >= 11 is 5.87. The van der Waals surface area contributed by atoms with Gasteiger partial charge in [0.15, 0.2) is 0 Å². The molecule has 0 aliphatic carbocycles. The average Bonchev–Trinajstić information content (AvgIpc) is 2.72. The molecule has 0 bridgehead atoms. The summed E-state index contributed by atoms with van der Waals surface area (Å²) in [6.07, 6.45) is 0. The molecule has 0 aromatic heterocycles. The summed E-state index contributed by atoms with van der Waals surface area (Å²) < 4.78 is 0. The molecule has 1 amide bonds. The molecular formula is C24H18ClNO4. The van der Waals surface area contributed by atoms with Crippen molar-refractivity contribution in [1.82, 2.24) is 0 Å². The summed E-state index contributed by atoms with van der Waals surface area (Å²) in [5.41, 5.74) is 2.66. The van der Waals surface area contributed by atoms with Crippen LogP contribution in [-0.4, -0.2) is 22.1 Å². The van der Waals surface area contributed by atoms with E-state index < -0.39 is 5.97 Å². The van der Waals surface area contributed by atoms with Crippen LogP contribution in [0, 0.1) is 11.8 Å². The third-order valence-corrected chi connectivity index (χ3v) is 4.64. The molecule has 0 aliphatic heterocycles. The molecule has 0 saturated carbocycles. The number of nitrogens with zero attached hydrogens (tertiary/aromatic N) is 1. The summed E-state index contributed by atoms with van der Waals surface area (Å²) in [7, 11) is 0. The Labute approximate surface area is 179 Å². The Morgan fingerprint density at radius 2 is 1.50 bits per heavy atom. The normalized spacial score (nSPS) is 10.1. The van der Waals surface area contributed by atoms with Crippen LogP contribution >= 0.6 is 11.6 Å². The number of carboxylic acids is 1. The summed E-state index contributed by atoms with van der Waals surface area (Å²) in [5.74, 6) is 4.28. The Kier molecular flexibility index (Phi) is 6.41. The quantitative estimate of drug-likeness (QED) is 0.601. The molecule has 0 heterocycles. The smallest absolute Gasteiger partial charge is 0.339 e. The Morgan fingerprint density at radius 1 is 0.933 bits per heavy atom. The number of carbonyl (C=O) groups is 2. The van der Waals surface area contributed by atoms with E-state index in [0.29, 0.717) is 10.7 Å². The molecule has 0 aliphatic rings. The molecule has 0 atom stereocenters. The van der Waals surface area contributed by atoms with Gasteiger partial charge < -0.3 is 15.1 Å². The zero-order valence-corrected chi connectivity index (χ0v) is 16.8. The van der Waals surface area contributed by atoms with Gasteiger partial charge in [0, 0.05) is 28.8 Å². The molecule has 3 aromatic carbocycles. The van der Waals surface area contributed by atoms with E-state index in [1.165, 1.54) is 30.0 Å². The van der Waals surface area contributed by atoms with Crippen LogP contribution in [0.15, 0.2) is 66.7 Å². The van der Waals surface area contributed by atoms with E-state index in [9.17, 15) is 19.8 Å². The first-order chi connectivity index (χ1) is 14.3. The predicted octanol–water partition coefficient (Wildman–Crippen LogP) is 4.70. The van der Waals surface area contributed by atoms with E-state index in [1.54, 1.807) is 12.1 Å². The second-order valence-electron chi connectivity index (χ2n) is 6.57. The largest absolute Gasteiger partial charge is 0.507 e. The third-order valence-electron chi connectivity index (χ3n) is 4.39. The van der Waals surface area contributed by atoms with Crippen LogP contribution in [0.1, 0.15) is 34.0 Å². The van der Waals surface area contributed by atoms with Crippen LogP contribution in [0.5, 0.6) is 5.75 Å². The van der Waals surface area contributed by atoms with Crippen molar-refractivity contribution in [1.29, 1.82) is 0 Å². The number of amides is 1. The van der Waals surface area contributed by atoms with Gasteiger partial charge in [-0.2, -0.15) is 0 Å². The van der Waals surface area contributed by atoms with Gasteiger partial charge in [0.05, 0.1) is 6.54 Å². The number of anilines is 1. The highest BCUT2D eigenvalue weighted by Crippen LogP contribution is 2.25. The molecule has 2 N–H and O–H groups in total. The fraction of sp³-hybridized carbons (Fsp3) is 0.0833. The van der Waals surface area contributed by atoms with Crippen LogP contribution in [0.2, 0.25) is 5.02 Å². The fourth-order valence-corrected chi connectivity index (χ4v) is 2.93. The number of carboxylic acid groups (broad SMARTS) is 1. The first-order valence-corrected chi connectivity index (χ1v) is 9.42. The first-order valence-electron chi connectivity index (χ1n) is 9.04. The second-order valence-corrected chi connectivity index (χ2v) is 7.00. The Bertz CT molecular complexity index is 1140. The van der Waals surface area contributed by atoms with Gasteiger partial charge in [-0.3, -0.25) is 4.79 Å². The van der Waals surface area contributed by atoms with Gasteiger partial charge in [-0.15, -0.1) is 0 Å². The molecular weight excluding hydrogens is 402 g/mol. The number of phenols is 1. The molecule has 3 aromatic rings. The molecule has 30 heavy (non-hydrogen) atoms. The molecule has 0 saturated heterocycles. The Balaban J connectivity index is 1.79. The average molecular weight is 420 g/mol. The van der Waals surface area contributed by atoms with E-state index in [4.69, 9.17) is 11.6 Å². The molecule has 150 valence electrons. The fourth-order valence-electron chi connectivity index (χ4n) is 2.80. The molecule has 0 spiro atoms. The number of rotatable bonds is 4. The van der Waals surface area contributed by atoms with Crippen molar-refractivity contribution in [2.24, 2.45) is 0 Å². The summed E-state index contributed by atoms with van der Waals surface area (Å²) in [5, 5.41) is 19.5. The molecule has 6 heteroatoms. The minimum atomic E-state index is -1.26. The highest BCUT2D eigenvalue weighted by molar-refractivity contribution is 6.30. The molecule has 0 unspecified atom stereocenters. The maximum atomic E-state index is 12.1. The van der Waals surface area contributed by atoms with Crippen LogP contribution in [0.25, 0.3) is 0 Å². The van der Waals surface area contributed by atoms with Gasteiger partial charge in [-0.05, 0) is 60.2 Å². The maximum Gasteiger partial charge on any atom is 0.339 e. The highest BCUT2D eigenvalue weighted by Gasteiger charge is 2.17. The first kappa shape index (κ1) is 21.0. The number of carbonyl (C=O) groups excluding carboxylic acids is 1. The van der Waals surface area contributed by atoms with Gasteiger partial charge in [0.2, 0.25) is 5.91 Å². The van der Waals surface area contributed by atoms with Crippen molar-refractivity contribution in [3.05, 3.63) is 94.0 Å². The number of hydrogen-bond acceptors (Lipinski definition) is 3. The van der Waals surface area contributed by atoms with Gasteiger partial charge in [0.25, 0.3) is 0 Å². The van der Waals surface area contributed by atoms with Crippen molar-refractivity contribution in [3.63, 3.8) is 0 Å². The Hall–Kier alpha value is -3.75. The van der Waals surface area contributed by atoms with Crippen LogP contribution < -0.4 is 4.90 Å². The van der Waals surface area contributed by atoms with Crippen molar-refractivity contribution in [3.8, 4) is 17.6 Å². The van der Waals surface area contributed by atoms with E-state index >= 15 is 0 Å². The van der Waals surface area contributed by atoms with Gasteiger partial charge >= 0.3 is 5.97 Å². The van der Waals surface area contributed by atoms with Crippen molar-refractivity contribution >= 4 is 29.2 Å². The molecule has 5 nitrogen and oxygen atoms in total.